The molecule has 17 heavy (non-hydrogen) atoms. The van der Waals surface area contributed by atoms with Gasteiger partial charge in [0.05, 0.1) is 0 Å². The first-order valence-corrected chi connectivity index (χ1v) is 6.15. The Morgan fingerprint density at radius 1 is 1.24 bits per heavy atom. The van der Waals surface area contributed by atoms with Gasteiger partial charge in [-0.05, 0) is 26.7 Å². The average Bonchev–Trinajstić information content (AvgIpc) is 2.16. The molecule has 98 valence electrons. The summed E-state index contributed by atoms with van der Waals surface area (Å²) in [6, 6.07) is 0. The van der Waals surface area contributed by atoms with Crippen molar-refractivity contribution in [3.63, 3.8) is 0 Å². The van der Waals surface area contributed by atoms with Crippen LogP contribution in [0.25, 0.3) is 0 Å². The van der Waals surface area contributed by atoms with Crippen molar-refractivity contribution in [1.29, 1.82) is 0 Å². The zero-order chi connectivity index (χ0) is 13.1. The number of rotatable bonds is 4. The highest BCUT2D eigenvalue weighted by Crippen LogP contribution is 2.28. The Labute approximate surface area is 102 Å². The smallest absolute Gasteiger partial charge is 0.242 e. The van der Waals surface area contributed by atoms with Crippen LogP contribution in [0.2, 0.25) is 0 Å². The van der Waals surface area contributed by atoms with E-state index in [0.717, 1.165) is 25.7 Å². The van der Waals surface area contributed by atoms with E-state index in [-0.39, 0.29) is 12.3 Å². The largest absolute Gasteiger partial charge is 0.368 e. The number of carbonyl (C=O) groups is 2. The topological polar surface area (TPSA) is 98.2 Å². The van der Waals surface area contributed by atoms with Crippen molar-refractivity contribution in [3.05, 3.63) is 0 Å². The van der Waals surface area contributed by atoms with Crippen LogP contribution < -0.4 is 16.8 Å². The third-order valence-electron chi connectivity index (χ3n) is 3.43. The fourth-order valence-corrected chi connectivity index (χ4v) is 2.21. The number of nitrogens with two attached hydrogens (primary N) is 2. The van der Waals surface area contributed by atoms with Crippen LogP contribution in [0.3, 0.4) is 0 Å². The van der Waals surface area contributed by atoms with Crippen molar-refractivity contribution >= 4 is 11.8 Å². The van der Waals surface area contributed by atoms with Gasteiger partial charge >= 0.3 is 0 Å². The van der Waals surface area contributed by atoms with Crippen molar-refractivity contribution in [1.82, 2.24) is 5.32 Å². The molecule has 0 bridgehead atoms. The third kappa shape index (κ3) is 4.00. The first kappa shape index (κ1) is 14.0. The zero-order valence-electron chi connectivity index (χ0n) is 10.7. The molecule has 1 fully saturated rings. The molecule has 5 heteroatoms. The molecule has 1 rings (SSSR count). The molecule has 0 unspecified atom stereocenters. The van der Waals surface area contributed by atoms with Crippen LogP contribution >= 0.6 is 0 Å². The molecule has 0 atom stereocenters. The summed E-state index contributed by atoms with van der Waals surface area (Å²) in [5.41, 5.74) is 9.96. The second-order valence-corrected chi connectivity index (χ2v) is 5.64. The molecule has 0 saturated heterocycles. The monoisotopic (exact) mass is 241 g/mol. The Kier molecular flexibility index (Phi) is 4.14. The molecule has 0 heterocycles. The van der Waals surface area contributed by atoms with Crippen molar-refractivity contribution in [3.8, 4) is 0 Å². The van der Waals surface area contributed by atoms with E-state index in [1.165, 1.54) is 6.42 Å². The fraction of sp³-hybridized carbons (Fsp3) is 0.833. The lowest BCUT2D eigenvalue weighted by molar-refractivity contribution is -0.131. The number of carbonyl (C=O) groups excluding carboxylic acids is 2. The predicted molar refractivity (Wildman–Crippen MR) is 66.0 cm³/mol. The third-order valence-corrected chi connectivity index (χ3v) is 3.43. The lowest BCUT2D eigenvalue weighted by Crippen LogP contribution is -2.55. The summed E-state index contributed by atoms with van der Waals surface area (Å²) in [4.78, 5) is 22.9. The molecular weight excluding hydrogens is 218 g/mol. The van der Waals surface area contributed by atoms with Gasteiger partial charge in [-0.3, -0.25) is 9.59 Å². The fourth-order valence-electron chi connectivity index (χ4n) is 2.21. The van der Waals surface area contributed by atoms with Crippen molar-refractivity contribution < 1.29 is 9.59 Å². The predicted octanol–water partition coefficient (Wildman–Crippen LogP) is 0.418. The van der Waals surface area contributed by atoms with Gasteiger partial charge in [0.25, 0.3) is 0 Å². The Morgan fingerprint density at radius 3 is 2.24 bits per heavy atom. The summed E-state index contributed by atoms with van der Waals surface area (Å²) in [7, 11) is 0. The van der Waals surface area contributed by atoms with E-state index in [1.54, 1.807) is 13.8 Å². The van der Waals surface area contributed by atoms with Crippen LogP contribution in [-0.2, 0) is 9.59 Å². The number of amides is 2. The number of nitrogens with one attached hydrogen (secondary N) is 1. The van der Waals surface area contributed by atoms with Gasteiger partial charge in [0, 0.05) is 12.0 Å². The van der Waals surface area contributed by atoms with Crippen molar-refractivity contribution in [2.75, 3.05) is 0 Å². The van der Waals surface area contributed by atoms with Gasteiger partial charge in [0.15, 0.2) is 0 Å². The highest BCUT2D eigenvalue weighted by molar-refractivity contribution is 5.89. The van der Waals surface area contributed by atoms with E-state index in [0.29, 0.717) is 0 Å². The summed E-state index contributed by atoms with van der Waals surface area (Å²) in [5.74, 6) is -0.737. The van der Waals surface area contributed by atoms with Crippen LogP contribution in [-0.4, -0.2) is 22.9 Å². The summed E-state index contributed by atoms with van der Waals surface area (Å²) < 4.78 is 0. The standard InChI is InChI=1S/C12H23N3O2/c1-11(2,10(13)17)15-9(16)8-12(14)6-4-3-5-7-12/h3-8,14H2,1-2H3,(H2,13,17)(H,15,16). The van der Waals surface area contributed by atoms with E-state index in [4.69, 9.17) is 11.5 Å². The summed E-state index contributed by atoms with van der Waals surface area (Å²) in [5, 5.41) is 2.63. The molecule has 1 aliphatic rings. The minimum atomic E-state index is -1.01. The zero-order valence-corrected chi connectivity index (χ0v) is 10.7. The van der Waals surface area contributed by atoms with Gasteiger partial charge in [-0.25, -0.2) is 0 Å². The highest BCUT2D eigenvalue weighted by Gasteiger charge is 2.33. The molecule has 1 aliphatic carbocycles. The van der Waals surface area contributed by atoms with E-state index < -0.39 is 17.0 Å². The Bertz CT molecular complexity index is 307. The van der Waals surface area contributed by atoms with Crippen LogP contribution in [0.4, 0.5) is 0 Å². The van der Waals surface area contributed by atoms with Crippen LogP contribution in [0, 0.1) is 0 Å². The summed E-state index contributed by atoms with van der Waals surface area (Å²) in [6.45, 7) is 3.19. The van der Waals surface area contributed by atoms with Crippen molar-refractivity contribution in [2.24, 2.45) is 11.5 Å². The van der Waals surface area contributed by atoms with Gasteiger partial charge < -0.3 is 16.8 Å². The lowest BCUT2D eigenvalue weighted by Gasteiger charge is -2.34. The van der Waals surface area contributed by atoms with Crippen LogP contribution in [0.1, 0.15) is 52.4 Å². The molecule has 0 aromatic heterocycles. The van der Waals surface area contributed by atoms with E-state index in [9.17, 15) is 9.59 Å². The normalized spacial score (nSPS) is 19.7. The van der Waals surface area contributed by atoms with Gasteiger partial charge in [0.1, 0.15) is 5.54 Å². The number of primary amides is 1. The summed E-state index contributed by atoms with van der Waals surface area (Å²) >= 11 is 0. The Hall–Kier alpha value is -1.10. The number of hydrogen-bond donors (Lipinski definition) is 3. The molecule has 2 amide bonds. The molecule has 0 aliphatic heterocycles. The first-order chi connectivity index (χ1) is 7.75. The maximum Gasteiger partial charge on any atom is 0.242 e. The van der Waals surface area contributed by atoms with Gasteiger partial charge in [-0.2, -0.15) is 0 Å². The van der Waals surface area contributed by atoms with E-state index >= 15 is 0 Å². The molecule has 0 spiro atoms. The molecule has 1 saturated carbocycles. The second-order valence-electron chi connectivity index (χ2n) is 5.64. The van der Waals surface area contributed by atoms with Crippen LogP contribution in [0.15, 0.2) is 0 Å². The Morgan fingerprint density at radius 2 is 1.76 bits per heavy atom. The minimum Gasteiger partial charge on any atom is -0.368 e. The van der Waals surface area contributed by atoms with Crippen LogP contribution in [0.5, 0.6) is 0 Å². The van der Waals surface area contributed by atoms with Crippen molar-refractivity contribution in [2.45, 2.75) is 63.5 Å². The van der Waals surface area contributed by atoms with E-state index in [2.05, 4.69) is 5.32 Å². The quantitative estimate of drug-likeness (QED) is 0.665. The molecule has 0 aromatic carbocycles. The molecule has 5 N–H and O–H groups in total. The molecule has 0 aromatic rings. The molecule has 0 radical (unpaired) electrons. The molecule has 5 nitrogen and oxygen atoms in total. The Balaban J connectivity index is 2.52. The highest BCUT2D eigenvalue weighted by atomic mass is 16.2. The average molecular weight is 241 g/mol. The van der Waals surface area contributed by atoms with Gasteiger partial charge in [-0.15, -0.1) is 0 Å². The SMILES string of the molecule is CC(C)(NC(=O)CC1(N)CCCCC1)C(N)=O. The van der Waals surface area contributed by atoms with E-state index in [1.807, 2.05) is 0 Å². The number of hydrogen-bond acceptors (Lipinski definition) is 3. The summed E-state index contributed by atoms with van der Waals surface area (Å²) in [6.07, 6.45) is 5.35. The minimum absolute atomic E-state index is 0.196. The second kappa shape index (κ2) is 5.04. The maximum absolute atomic E-state index is 11.8. The lowest BCUT2D eigenvalue weighted by atomic mass is 9.80. The van der Waals surface area contributed by atoms with Gasteiger partial charge in [0.2, 0.25) is 11.8 Å². The van der Waals surface area contributed by atoms with Gasteiger partial charge in [-0.1, -0.05) is 19.3 Å². The first-order valence-electron chi connectivity index (χ1n) is 6.15. The molecular formula is C12H23N3O2. The maximum atomic E-state index is 11.8.